The molecule has 0 radical (unpaired) electrons. The fourth-order valence-corrected chi connectivity index (χ4v) is 2.16. The van der Waals surface area contributed by atoms with E-state index in [-0.39, 0.29) is 12.5 Å². The second-order valence-electron chi connectivity index (χ2n) is 4.54. The normalized spacial score (nSPS) is 19.5. The maximum absolute atomic E-state index is 11.9. The van der Waals surface area contributed by atoms with Gasteiger partial charge >= 0.3 is 0 Å². The number of nitrogens with two attached hydrogens (primary N) is 1. The van der Waals surface area contributed by atoms with Gasteiger partial charge in [0.05, 0.1) is 5.69 Å². The van der Waals surface area contributed by atoms with Crippen LogP contribution in [0.1, 0.15) is 0 Å². The summed E-state index contributed by atoms with van der Waals surface area (Å²) >= 11 is 0. The number of nitrogen functional groups attached to an aromatic ring is 1. The summed E-state index contributed by atoms with van der Waals surface area (Å²) in [7, 11) is 0. The molecule has 3 rings (SSSR count). The van der Waals surface area contributed by atoms with Gasteiger partial charge in [0.2, 0.25) is 0 Å². The maximum atomic E-state index is 11.9. The smallest absolute Gasteiger partial charge is 0.265 e. The third kappa shape index (κ3) is 1.82. The molecule has 17 heavy (non-hydrogen) atoms. The van der Waals surface area contributed by atoms with E-state index < -0.39 is 0 Å². The van der Waals surface area contributed by atoms with Crippen LogP contribution in [-0.4, -0.2) is 32.1 Å². The molecule has 0 saturated carbocycles. The molecule has 1 saturated heterocycles. The molecule has 5 nitrogen and oxygen atoms in total. The van der Waals surface area contributed by atoms with Gasteiger partial charge in [-0.05, 0) is 18.2 Å². The summed E-state index contributed by atoms with van der Waals surface area (Å²) in [5.74, 6) is 1.28. The molecule has 90 valence electrons. The summed E-state index contributed by atoms with van der Waals surface area (Å²) in [6.07, 6.45) is 0. The average Bonchev–Trinajstić information content (AvgIpc) is 2.25. The van der Waals surface area contributed by atoms with Gasteiger partial charge in [0.15, 0.2) is 6.61 Å². The lowest BCUT2D eigenvalue weighted by molar-refractivity contribution is -0.121. The van der Waals surface area contributed by atoms with Crippen molar-refractivity contribution in [3.63, 3.8) is 0 Å². The van der Waals surface area contributed by atoms with Gasteiger partial charge in [0, 0.05) is 31.2 Å². The predicted octanol–water partition coefficient (Wildman–Crippen LogP) is 0.214. The van der Waals surface area contributed by atoms with E-state index >= 15 is 0 Å². The monoisotopic (exact) mass is 233 g/mol. The highest BCUT2D eigenvalue weighted by Crippen LogP contribution is 2.34. The molecule has 0 bridgehead atoms. The van der Waals surface area contributed by atoms with Gasteiger partial charge in [-0.2, -0.15) is 0 Å². The molecule has 1 aromatic carbocycles. The van der Waals surface area contributed by atoms with Crippen molar-refractivity contribution in [2.45, 2.75) is 0 Å². The van der Waals surface area contributed by atoms with E-state index in [2.05, 4.69) is 5.32 Å². The number of nitrogens with zero attached hydrogens (tertiary/aromatic N) is 1. The minimum Gasteiger partial charge on any atom is -0.482 e. The van der Waals surface area contributed by atoms with Crippen molar-refractivity contribution >= 4 is 17.3 Å². The summed E-state index contributed by atoms with van der Waals surface area (Å²) in [5.41, 5.74) is 7.21. The highest BCUT2D eigenvalue weighted by Gasteiger charge is 2.29. The van der Waals surface area contributed by atoms with E-state index in [1.54, 1.807) is 17.0 Å². The van der Waals surface area contributed by atoms with Gasteiger partial charge in [0.25, 0.3) is 5.91 Å². The molecule has 0 unspecified atom stereocenters. The van der Waals surface area contributed by atoms with Gasteiger partial charge < -0.3 is 20.7 Å². The number of rotatable bonds is 2. The minimum atomic E-state index is 0.00926. The van der Waals surface area contributed by atoms with E-state index in [9.17, 15) is 4.79 Å². The van der Waals surface area contributed by atoms with Crippen LogP contribution < -0.4 is 20.7 Å². The van der Waals surface area contributed by atoms with Crippen molar-refractivity contribution in [1.82, 2.24) is 5.32 Å². The van der Waals surface area contributed by atoms with Gasteiger partial charge in [-0.25, -0.2) is 0 Å². The highest BCUT2D eigenvalue weighted by molar-refractivity contribution is 5.98. The first-order chi connectivity index (χ1) is 8.24. The van der Waals surface area contributed by atoms with Crippen LogP contribution in [0.15, 0.2) is 18.2 Å². The van der Waals surface area contributed by atoms with E-state index in [4.69, 9.17) is 10.5 Å². The summed E-state index contributed by atoms with van der Waals surface area (Å²) in [5, 5.41) is 3.21. The van der Waals surface area contributed by atoms with Crippen LogP contribution in [0.3, 0.4) is 0 Å². The van der Waals surface area contributed by atoms with Crippen molar-refractivity contribution in [3.05, 3.63) is 18.2 Å². The average molecular weight is 233 g/mol. The zero-order valence-electron chi connectivity index (χ0n) is 9.48. The Balaban J connectivity index is 1.90. The molecule has 1 amide bonds. The van der Waals surface area contributed by atoms with Crippen LogP contribution in [0.4, 0.5) is 11.4 Å². The van der Waals surface area contributed by atoms with Crippen LogP contribution in [0, 0.1) is 5.92 Å². The van der Waals surface area contributed by atoms with E-state index in [0.29, 0.717) is 11.6 Å². The number of hydrogen-bond acceptors (Lipinski definition) is 4. The van der Waals surface area contributed by atoms with Crippen LogP contribution in [0.2, 0.25) is 0 Å². The Morgan fingerprint density at radius 1 is 1.47 bits per heavy atom. The number of carbonyl (C=O) groups excluding carboxylic acids is 1. The fourth-order valence-electron chi connectivity index (χ4n) is 2.16. The largest absolute Gasteiger partial charge is 0.482 e. The van der Waals surface area contributed by atoms with E-state index in [1.165, 1.54) is 0 Å². The summed E-state index contributed by atoms with van der Waals surface area (Å²) in [6, 6.07) is 5.42. The zero-order valence-corrected chi connectivity index (χ0v) is 9.48. The van der Waals surface area contributed by atoms with Gasteiger partial charge in [0.1, 0.15) is 5.75 Å². The Hall–Kier alpha value is -1.75. The second-order valence-corrected chi connectivity index (χ2v) is 4.54. The summed E-state index contributed by atoms with van der Waals surface area (Å²) in [4.78, 5) is 13.7. The Morgan fingerprint density at radius 2 is 2.29 bits per heavy atom. The van der Waals surface area contributed by atoms with Crippen molar-refractivity contribution in [2.75, 3.05) is 36.9 Å². The number of hydrogen-bond donors (Lipinski definition) is 2. The first-order valence-electron chi connectivity index (χ1n) is 5.77. The van der Waals surface area contributed by atoms with Crippen LogP contribution >= 0.6 is 0 Å². The first-order valence-corrected chi connectivity index (χ1v) is 5.77. The molecule has 2 heterocycles. The molecule has 0 atom stereocenters. The molecular formula is C12H15N3O2. The zero-order chi connectivity index (χ0) is 11.8. The Kier molecular flexibility index (Phi) is 2.40. The number of nitrogens with one attached hydrogen (secondary N) is 1. The quantitative estimate of drug-likeness (QED) is 0.717. The molecule has 3 N–H and O–H groups in total. The summed E-state index contributed by atoms with van der Waals surface area (Å²) < 4.78 is 5.39. The topological polar surface area (TPSA) is 67.6 Å². The Bertz CT molecular complexity index is 457. The standard InChI is InChI=1S/C12H15N3O2/c13-9-1-2-11-10(3-9)15(12(16)7-17-11)6-8-4-14-5-8/h1-3,8,14H,4-7,13H2. The second kappa shape index (κ2) is 3.92. The third-order valence-electron chi connectivity index (χ3n) is 3.23. The first kappa shape index (κ1) is 10.4. The molecular weight excluding hydrogens is 218 g/mol. The molecule has 5 heteroatoms. The molecule has 0 aromatic heterocycles. The number of anilines is 2. The number of carbonyl (C=O) groups is 1. The lowest BCUT2D eigenvalue weighted by Crippen LogP contribution is -2.51. The van der Waals surface area contributed by atoms with Crippen molar-refractivity contribution in [2.24, 2.45) is 5.92 Å². The number of fused-ring (bicyclic) bond motifs is 1. The lowest BCUT2D eigenvalue weighted by Gasteiger charge is -2.36. The van der Waals surface area contributed by atoms with Crippen LogP contribution in [-0.2, 0) is 4.79 Å². The Morgan fingerprint density at radius 3 is 3.00 bits per heavy atom. The maximum Gasteiger partial charge on any atom is 0.265 e. The van der Waals surface area contributed by atoms with Crippen molar-refractivity contribution < 1.29 is 9.53 Å². The van der Waals surface area contributed by atoms with E-state index in [1.807, 2.05) is 6.07 Å². The highest BCUT2D eigenvalue weighted by atomic mass is 16.5. The Labute approximate surface area is 99.5 Å². The molecule has 2 aliphatic heterocycles. The predicted molar refractivity (Wildman–Crippen MR) is 65.1 cm³/mol. The van der Waals surface area contributed by atoms with Crippen LogP contribution in [0.25, 0.3) is 0 Å². The minimum absolute atomic E-state index is 0.00926. The van der Waals surface area contributed by atoms with Crippen molar-refractivity contribution in [3.8, 4) is 5.75 Å². The number of amides is 1. The lowest BCUT2D eigenvalue weighted by atomic mass is 10.0. The molecule has 1 aromatic rings. The molecule has 1 fully saturated rings. The van der Waals surface area contributed by atoms with E-state index in [0.717, 1.165) is 31.1 Å². The fraction of sp³-hybridized carbons (Fsp3) is 0.417. The van der Waals surface area contributed by atoms with Gasteiger partial charge in [-0.15, -0.1) is 0 Å². The number of benzene rings is 1. The van der Waals surface area contributed by atoms with Gasteiger partial charge in [-0.3, -0.25) is 4.79 Å². The summed E-state index contributed by atoms with van der Waals surface area (Å²) in [6.45, 7) is 2.81. The molecule has 0 aliphatic carbocycles. The van der Waals surface area contributed by atoms with Gasteiger partial charge in [-0.1, -0.05) is 0 Å². The molecule has 2 aliphatic rings. The van der Waals surface area contributed by atoms with Crippen LogP contribution in [0.5, 0.6) is 5.75 Å². The SMILES string of the molecule is Nc1ccc2c(c1)N(CC1CNC1)C(=O)CO2. The number of ether oxygens (including phenoxy) is 1. The van der Waals surface area contributed by atoms with Crippen molar-refractivity contribution in [1.29, 1.82) is 0 Å². The molecule has 0 spiro atoms. The third-order valence-corrected chi connectivity index (χ3v) is 3.23.